The average Bonchev–Trinajstić information content (AvgIpc) is 1.62. The van der Waals surface area contributed by atoms with Crippen molar-refractivity contribution < 1.29 is 73.3 Å². The van der Waals surface area contributed by atoms with E-state index in [1.807, 2.05) is 76.9 Å². The normalized spacial score (nSPS) is 14.1. The van der Waals surface area contributed by atoms with Gasteiger partial charge in [0.25, 0.3) is 0 Å². The zero-order valence-electron chi connectivity index (χ0n) is 61.6. The molecule has 4 aliphatic rings. The molecule has 0 amide bonds. The molecule has 10 heterocycles. The maximum absolute atomic E-state index is 13.5. The van der Waals surface area contributed by atoms with Crippen LogP contribution >= 0.6 is 22.7 Å². The minimum absolute atomic E-state index is 0. The van der Waals surface area contributed by atoms with Gasteiger partial charge in [0.15, 0.2) is 10.3 Å². The number of nitriles is 2. The van der Waals surface area contributed by atoms with Gasteiger partial charge < -0.3 is 38.0 Å². The van der Waals surface area contributed by atoms with E-state index in [2.05, 4.69) is 73.1 Å². The molecule has 2 N–H and O–H groups in total. The Bertz CT molecular complexity index is 4650. The van der Waals surface area contributed by atoms with Crippen LogP contribution in [0.5, 0.6) is 0 Å². The van der Waals surface area contributed by atoms with Gasteiger partial charge in [-0.25, -0.2) is 68.0 Å². The van der Waals surface area contributed by atoms with Crippen molar-refractivity contribution in [2.75, 3.05) is 59.9 Å². The smallest absolute Gasteiger partial charge is 0.793 e. The minimum atomic E-state index is -0.639. The Morgan fingerprint density at radius 3 is 1.29 bits per heavy atom. The van der Waals surface area contributed by atoms with Crippen LogP contribution in [0, 0.1) is 46.1 Å². The number of anilines is 6. The Morgan fingerprint density at radius 1 is 0.600 bits per heavy atom. The number of imidazole rings is 2. The number of pyridine rings is 2. The molecule has 2 aromatic carbocycles. The molecule has 0 spiro atoms. The molecule has 3 radical (unpaired) electrons. The zero-order valence-corrected chi connectivity index (χ0v) is 64.2. The van der Waals surface area contributed by atoms with Crippen molar-refractivity contribution in [3.63, 3.8) is 0 Å². The minimum Gasteiger partial charge on any atom is -0.793 e. The van der Waals surface area contributed by atoms with Crippen LogP contribution in [0.2, 0.25) is 0 Å². The molecule has 0 unspecified atom stereocenters. The van der Waals surface area contributed by atoms with E-state index >= 15 is 0 Å². The number of nitrogens with zero attached hydrogens (tertiary/aromatic N) is 16. The molecule has 541 valence electrons. The largest absolute Gasteiger partial charge is 1.00 e. The molecule has 2 saturated heterocycles. The number of hydrogen-bond donors (Lipinski definition) is 1. The van der Waals surface area contributed by atoms with Gasteiger partial charge in [-0.15, -0.1) is 0 Å². The number of carbonyl (C=O) groups excluding carboxylic acids is 4. The maximum Gasteiger partial charge on any atom is 1.00 e. The standard InChI is InChI=1S/C34H35FN8S.C29H25FN8OS.C4H9N.C4H6O4.C2H3BO2.C2H6.Na/c1-3-28-32(41(2)34-40-31(29(18-36)44-34)24-7-10-27(35)11-8-24)43-21-25(9-12-30(43)39-28)26-19-37-33(38-20-26)42-15-13-23(14-16-42)17-22-5-4-6-22;1-3-23-27(36(2)29-35-26(24(14-31)40-29)18-4-7-21(30)8-5-18)38-17-19(6-9-25(38)34-23)20-15-32-28(33-16-20)37-12-10-22(39)11-13-37;5-4-2-1-3-4;1-3(5)7-8-4(2)6;1-2(4)5-3;1-2;/h7-12,19-23H,3-6,13-17H2,1-2H3;4-9,15-17H,3,10-13H2,1-2H3;4H,1-3,5H2;1-2H3;1H3;1-2H3;/q;;;;-1;;+1/i;;;;;1D;. The molecular weight excluding hydrogens is 1390 g/mol. The van der Waals surface area contributed by atoms with E-state index < -0.39 is 17.9 Å². The van der Waals surface area contributed by atoms with Gasteiger partial charge in [0.05, 0.1) is 11.4 Å². The maximum atomic E-state index is 13.5. The number of nitrogens with two attached hydrogens (primary N) is 1. The number of Topliss-reactive ketones (excluding diaryl/α,β-unsaturated/α-hetero) is 1. The molecule has 24 nitrogen and oxygen atoms in total. The predicted octanol–water partition coefficient (Wildman–Crippen LogP) is 11.3. The summed E-state index contributed by atoms with van der Waals surface area (Å²) in [4.78, 5) is 95.6. The second-order valence-corrected chi connectivity index (χ2v) is 26.9. The second kappa shape index (κ2) is 38.9. The van der Waals surface area contributed by atoms with Gasteiger partial charge in [0.2, 0.25) is 17.9 Å². The van der Waals surface area contributed by atoms with Crippen LogP contribution < -0.4 is 54.9 Å². The molecule has 0 atom stereocenters. The number of aromatic nitrogens is 10. The van der Waals surface area contributed by atoms with Crippen LogP contribution in [-0.4, -0.2) is 127 Å². The van der Waals surface area contributed by atoms with Crippen molar-refractivity contribution in [3.05, 3.63) is 143 Å². The molecule has 0 bridgehead atoms. The van der Waals surface area contributed by atoms with Crippen molar-refractivity contribution in [2.24, 2.45) is 17.6 Å². The monoisotopic (exact) mass is 1470 g/mol. The Balaban J connectivity index is 0.000000209. The molecule has 30 heteroatoms. The Morgan fingerprint density at radius 2 is 0.962 bits per heavy atom. The van der Waals surface area contributed by atoms with Gasteiger partial charge in [0.1, 0.15) is 73.6 Å². The second-order valence-electron chi connectivity index (χ2n) is 24.9. The Labute approximate surface area is 642 Å². The Hall–Kier alpha value is -9.62. The molecule has 105 heavy (non-hydrogen) atoms. The molecule has 2 aliphatic heterocycles. The van der Waals surface area contributed by atoms with E-state index in [4.69, 9.17) is 37.0 Å². The number of hydrogen-bond acceptors (Lipinski definition) is 24. The third kappa shape index (κ3) is 21.1. The van der Waals surface area contributed by atoms with Gasteiger partial charge in [-0.1, -0.05) is 76.0 Å². The van der Waals surface area contributed by atoms with E-state index in [-0.39, 0.29) is 47.0 Å². The van der Waals surface area contributed by atoms with Crippen molar-refractivity contribution in [2.45, 2.75) is 138 Å². The topological polar surface area (TPSA) is 294 Å². The summed E-state index contributed by atoms with van der Waals surface area (Å²) in [5, 5.41) is 20.9. The van der Waals surface area contributed by atoms with E-state index in [9.17, 15) is 38.5 Å². The summed E-state index contributed by atoms with van der Waals surface area (Å²) in [5.41, 5.74) is 15.0. The first kappa shape index (κ1) is 79.5. The molecule has 2 saturated carbocycles. The number of benzene rings is 2. The number of rotatable bonds is 14. The van der Waals surface area contributed by atoms with E-state index in [0.717, 1.165) is 108 Å². The Kier molecular flexibility index (Phi) is 29.5. The molecule has 14 rings (SSSR count). The van der Waals surface area contributed by atoms with Crippen LogP contribution in [0.4, 0.5) is 42.6 Å². The fourth-order valence-electron chi connectivity index (χ4n) is 11.9. The third-order valence-corrected chi connectivity index (χ3v) is 19.9. The summed E-state index contributed by atoms with van der Waals surface area (Å²) in [6.07, 6.45) is 26.0. The van der Waals surface area contributed by atoms with Gasteiger partial charge >= 0.3 is 41.5 Å². The number of fused-ring (bicyclic) bond motifs is 2. The summed E-state index contributed by atoms with van der Waals surface area (Å²) in [5.74, 6) is 2.86. The summed E-state index contributed by atoms with van der Waals surface area (Å²) in [6.45, 7) is 13.3. The van der Waals surface area contributed by atoms with Crippen molar-refractivity contribution in [1.29, 1.82) is 10.5 Å². The first-order valence-electron chi connectivity index (χ1n) is 35.1. The van der Waals surface area contributed by atoms with Crippen LogP contribution in [0.25, 0.3) is 56.1 Å². The molecule has 2 aliphatic carbocycles. The predicted molar refractivity (Wildman–Crippen MR) is 399 cm³/mol. The third-order valence-electron chi connectivity index (χ3n) is 17.8. The zero-order chi connectivity index (χ0) is 75.3. The SMILES string of the molecule is CC(=O)OOC(C)=O.CCc1nc2ccc(-c3cnc(N4CCC(=O)CC4)nc3)cn2c1N(C)c1nc(-c2ccc(F)cc2)c(C#N)s1.CCc1nc2ccc(-c3cnc(N4CCC(CC5CCC5)CC4)nc3)cn2c1N(C)c1nc(-c2ccc(F)cc2)c(C#N)s1.NC1CCC1.[2H]CC.[B-]OC(C)=O.[Na+]. The number of thiazole rings is 2. The van der Waals surface area contributed by atoms with Crippen molar-refractivity contribution in [1.82, 2.24) is 48.7 Å². The quantitative estimate of drug-likeness (QED) is 0.0601. The van der Waals surface area contributed by atoms with Gasteiger partial charge in [0, 0.05) is 152 Å². The molecule has 4 fully saturated rings. The van der Waals surface area contributed by atoms with Crippen molar-refractivity contribution in [3.8, 4) is 56.9 Å². The molecule has 10 aromatic rings. The van der Waals surface area contributed by atoms with E-state index in [1.54, 1.807) is 43.6 Å². The van der Waals surface area contributed by atoms with Crippen LogP contribution in [0.3, 0.4) is 0 Å². The number of piperidine rings is 2. The molecule has 8 aromatic heterocycles. The summed E-state index contributed by atoms with van der Waals surface area (Å²) < 4.78 is 40.9. The molecular formula is C75H84BF2N17NaO7S2. The van der Waals surface area contributed by atoms with Gasteiger partial charge in [-0.3, -0.25) is 18.4 Å². The number of aryl methyl sites for hydroxylation is 2. The summed E-state index contributed by atoms with van der Waals surface area (Å²) in [6, 6.07) is 25.1. The van der Waals surface area contributed by atoms with Crippen LogP contribution in [0.15, 0.2) is 110 Å². The first-order valence-corrected chi connectivity index (χ1v) is 36.1. The first-order chi connectivity index (χ1) is 50.6. The fourth-order valence-corrected chi connectivity index (χ4v) is 13.6. The van der Waals surface area contributed by atoms with Crippen LogP contribution in [-0.2, 0) is 46.4 Å². The number of carbonyl (C=O) groups is 4. The summed E-state index contributed by atoms with van der Waals surface area (Å²) in [7, 11) is 8.17. The van der Waals surface area contributed by atoms with Crippen molar-refractivity contribution >= 4 is 99.5 Å². The van der Waals surface area contributed by atoms with E-state index in [0.29, 0.717) is 93.8 Å². The average molecular weight is 1470 g/mol. The summed E-state index contributed by atoms with van der Waals surface area (Å²) >= 11 is 2.59. The van der Waals surface area contributed by atoms with Gasteiger partial charge in [-0.05, 0) is 130 Å². The number of ketones is 1. The fraction of sp³-hybridized carbons (Fsp3) is 0.387. The number of halogens is 2. The van der Waals surface area contributed by atoms with E-state index in [1.165, 1.54) is 112 Å². The van der Waals surface area contributed by atoms with Crippen LogP contribution in [0.1, 0.15) is 142 Å². The van der Waals surface area contributed by atoms with Gasteiger partial charge in [-0.2, -0.15) is 10.5 Å².